The average Bonchev–Trinajstić information content (AvgIpc) is 2.42. The monoisotopic (exact) mass is 282 g/mol. The SMILES string of the molecule is Cc1ccc(C(C)NCCCOCCO)cc1[N+](=O)[O-]. The molecule has 0 bridgehead atoms. The van der Waals surface area contributed by atoms with Crippen molar-refractivity contribution in [3.63, 3.8) is 0 Å². The molecule has 1 rings (SSSR count). The molecule has 0 radical (unpaired) electrons. The minimum atomic E-state index is -0.353. The van der Waals surface area contributed by atoms with Gasteiger partial charge in [-0.3, -0.25) is 10.1 Å². The Bertz CT molecular complexity index is 437. The first-order valence-corrected chi connectivity index (χ1v) is 6.73. The maximum Gasteiger partial charge on any atom is 0.272 e. The molecule has 6 heteroatoms. The number of aliphatic hydroxyl groups excluding tert-OH is 1. The quantitative estimate of drug-likeness (QED) is 0.411. The molecule has 0 aliphatic carbocycles. The van der Waals surface area contributed by atoms with Gasteiger partial charge in [-0.15, -0.1) is 0 Å². The number of hydrogen-bond acceptors (Lipinski definition) is 5. The fraction of sp³-hybridized carbons (Fsp3) is 0.571. The molecule has 6 nitrogen and oxygen atoms in total. The minimum absolute atomic E-state index is 0.0386. The van der Waals surface area contributed by atoms with Crippen LogP contribution in [0.2, 0.25) is 0 Å². The first kappa shape index (κ1) is 16.6. The highest BCUT2D eigenvalue weighted by Crippen LogP contribution is 2.23. The van der Waals surface area contributed by atoms with Gasteiger partial charge < -0.3 is 15.2 Å². The van der Waals surface area contributed by atoms with E-state index in [1.807, 2.05) is 13.0 Å². The van der Waals surface area contributed by atoms with Crippen LogP contribution in [-0.4, -0.2) is 36.4 Å². The van der Waals surface area contributed by atoms with E-state index in [4.69, 9.17) is 9.84 Å². The van der Waals surface area contributed by atoms with E-state index in [0.717, 1.165) is 18.5 Å². The number of aryl methyl sites for hydroxylation is 1. The molecule has 0 saturated heterocycles. The van der Waals surface area contributed by atoms with E-state index in [9.17, 15) is 10.1 Å². The number of nitrogens with one attached hydrogen (secondary N) is 1. The number of ether oxygens (including phenoxy) is 1. The lowest BCUT2D eigenvalue weighted by Crippen LogP contribution is -2.21. The standard InChI is InChI=1S/C14H22N2O4/c1-11-4-5-13(10-14(11)16(18)19)12(2)15-6-3-8-20-9-7-17/h4-5,10,12,15,17H,3,6-9H2,1-2H3. The summed E-state index contributed by atoms with van der Waals surface area (Å²) in [6.07, 6.45) is 0.832. The summed E-state index contributed by atoms with van der Waals surface area (Å²) in [5.41, 5.74) is 1.73. The summed E-state index contributed by atoms with van der Waals surface area (Å²) in [5.74, 6) is 0. The third kappa shape index (κ3) is 5.24. The summed E-state index contributed by atoms with van der Waals surface area (Å²) in [6.45, 7) is 5.46. The summed E-state index contributed by atoms with van der Waals surface area (Å²) in [4.78, 5) is 10.6. The molecule has 0 fully saturated rings. The second kappa shape index (κ2) is 8.63. The molecule has 0 aliphatic heterocycles. The largest absolute Gasteiger partial charge is 0.394 e. The number of nitro benzene ring substituents is 1. The van der Waals surface area contributed by atoms with Crippen molar-refractivity contribution in [3.8, 4) is 0 Å². The van der Waals surface area contributed by atoms with Crippen LogP contribution in [0, 0.1) is 17.0 Å². The van der Waals surface area contributed by atoms with Crippen LogP contribution in [0.15, 0.2) is 18.2 Å². The van der Waals surface area contributed by atoms with Gasteiger partial charge in [0.05, 0.1) is 18.1 Å². The van der Waals surface area contributed by atoms with Crippen LogP contribution in [0.25, 0.3) is 0 Å². The molecular formula is C14H22N2O4. The first-order valence-electron chi connectivity index (χ1n) is 6.73. The molecule has 0 heterocycles. The number of hydrogen-bond donors (Lipinski definition) is 2. The Morgan fingerprint density at radius 3 is 2.85 bits per heavy atom. The molecule has 0 aliphatic rings. The number of aliphatic hydroxyl groups is 1. The van der Waals surface area contributed by atoms with Crippen molar-refractivity contribution in [1.82, 2.24) is 5.32 Å². The van der Waals surface area contributed by atoms with Gasteiger partial charge in [-0.2, -0.15) is 0 Å². The molecule has 1 atom stereocenters. The molecule has 1 aromatic carbocycles. The summed E-state index contributed by atoms with van der Waals surface area (Å²) >= 11 is 0. The molecule has 0 amide bonds. The van der Waals surface area contributed by atoms with Crippen molar-refractivity contribution in [2.24, 2.45) is 0 Å². The average molecular weight is 282 g/mol. The topological polar surface area (TPSA) is 84.6 Å². The Hall–Kier alpha value is -1.50. The van der Waals surface area contributed by atoms with E-state index in [1.54, 1.807) is 19.1 Å². The van der Waals surface area contributed by atoms with E-state index < -0.39 is 0 Å². The van der Waals surface area contributed by atoms with Crippen molar-refractivity contribution in [1.29, 1.82) is 0 Å². The van der Waals surface area contributed by atoms with Crippen LogP contribution >= 0.6 is 0 Å². The third-order valence-corrected chi connectivity index (χ3v) is 3.08. The van der Waals surface area contributed by atoms with E-state index >= 15 is 0 Å². The van der Waals surface area contributed by atoms with Crippen molar-refractivity contribution < 1.29 is 14.8 Å². The normalized spacial score (nSPS) is 12.3. The number of rotatable bonds is 9. The Morgan fingerprint density at radius 2 is 2.20 bits per heavy atom. The summed E-state index contributed by atoms with van der Waals surface area (Å²) < 4.78 is 5.16. The Balaban J connectivity index is 2.45. The predicted octanol–water partition coefficient (Wildman–Crippen LogP) is 1.95. The lowest BCUT2D eigenvalue weighted by atomic mass is 10.0. The zero-order valence-electron chi connectivity index (χ0n) is 12.0. The lowest BCUT2D eigenvalue weighted by molar-refractivity contribution is -0.385. The number of nitrogens with zero attached hydrogens (tertiary/aromatic N) is 1. The van der Waals surface area contributed by atoms with Crippen molar-refractivity contribution in [3.05, 3.63) is 39.4 Å². The molecule has 2 N–H and O–H groups in total. The summed E-state index contributed by atoms with van der Waals surface area (Å²) in [7, 11) is 0. The second-order valence-electron chi connectivity index (χ2n) is 4.67. The molecular weight excluding hydrogens is 260 g/mol. The van der Waals surface area contributed by atoms with Gasteiger partial charge >= 0.3 is 0 Å². The minimum Gasteiger partial charge on any atom is -0.394 e. The zero-order valence-corrected chi connectivity index (χ0v) is 12.0. The van der Waals surface area contributed by atoms with Crippen LogP contribution in [0.1, 0.15) is 30.5 Å². The lowest BCUT2D eigenvalue weighted by Gasteiger charge is -2.14. The highest BCUT2D eigenvalue weighted by atomic mass is 16.6. The van der Waals surface area contributed by atoms with Gasteiger partial charge in [-0.1, -0.05) is 12.1 Å². The van der Waals surface area contributed by atoms with Crippen molar-refractivity contribution in [2.75, 3.05) is 26.4 Å². The fourth-order valence-electron chi connectivity index (χ4n) is 1.87. The van der Waals surface area contributed by atoms with E-state index in [1.165, 1.54) is 0 Å². The van der Waals surface area contributed by atoms with Crippen LogP contribution in [0.3, 0.4) is 0 Å². The van der Waals surface area contributed by atoms with Gasteiger partial charge in [0.2, 0.25) is 0 Å². The fourth-order valence-corrected chi connectivity index (χ4v) is 1.87. The van der Waals surface area contributed by atoms with E-state index in [-0.39, 0.29) is 23.3 Å². The van der Waals surface area contributed by atoms with Gasteiger partial charge in [0.1, 0.15) is 0 Å². The highest BCUT2D eigenvalue weighted by Gasteiger charge is 2.13. The number of benzene rings is 1. The molecule has 0 saturated carbocycles. The van der Waals surface area contributed by atoms with E-state index in [0.29, 0.717) is 18.8 Å². The van der Waals surface area contributed by atoms with Gasteiger partial charge in [0, 0.05) is 24.3 Å². The van der Waals surface area contributed by atoms with Crippen molar-refractivity contribution >= 4 is 5.69 Å². The molecule has 20 heavy (non-hydrogen) atoms. The molecule has 1 aromatic rings. The Kier molecular flexibility index (Phi) is 7.14. The highest BCUT2D eigenvalue weighted by molar-refractivity contribution is 5.43. The third-order valence-electron chi connectivity index (χ3n) is 3.08. The van der Waals surface area contributed by atoms with Crippen molar-refractivity contribution in [2.45, 2.75) is 26.3 Å². The molecule has 112 valence electrons. The van der Waals surface area contributed by atoms with Crippen LogP contribution in [0.5, 0.6) is 0 Å². The zero-order chi connectivity index (χ0) is 15.0. The molecule has 0 aromatic heterocycles. The first-order chi connectivity index (χ1) is 9.56. The Labute approximate surface area is 118 Å². The van der Waals surface area contributed by atoms with Crippen LogP contribution < -0.4 is 5.32 Å². The molecule has 1 unspecified atom stereocenters. The second-order valence-corrected chi connectivity index (χ2v) is 4.67. The number of nitro groups is 1. The van der Waals surface area contributed by atoms with Gasteiger partial charge in [-0.25, -0.2) is 0 Å². The van der Waals surface area contributed by atoms with Gasteiger partial charge in [0.25, 0.3) is 5.69 Å². The summed E-state index contributed by atoms with van der Waals surface area (Å²) in [6, 6.07) is 5.35. The summed E-state index contributed by atoms with van der Waals surface area (Å²) in [5, 5.41) is 22.8. The maximum atomic E-state index is 10.9. The maximum absolute atomic E-state index is 10.9. The van der Waals surface area contributed by atoms with Crippen LogP contribution in [0.4, 0.5) is 5.69 Å². The molecule has 0 spiro atoms. The van der Waals surface area contributed by atoms with E-state index in [2.05, 4.69) is 5.32 Å². The van der Waals surface area contributed by atoms with Gasteiger partial charge in [0.15, 0.2) is 0 Å². The van der Waals surface area contributed by atoms with Gasteiger partial charge in [-0.05, 0) is 32.4 Å². The van der Waals surface area contributed by atoms with Crippen LogP contribution in [-0.2, 0) is 4.74 Å². The predicted molar refractivity (Wildman–Crippen MR) is 76.8 cm³/mol. The Morgan fingerprint density at radius 1 is 1.45 bits per heavy atom. The smallest absolute Gasteiger partial charge is 0.272 e.